The van der Waals surface area contributed by atoms with Crippen LogP contribution in [0.5, 0.6) is 0 Å². The van der Waals surface area contributed by atoms with E-state index in [9.17, 15) is 19.2 Å². The van der Waals surface area contributed by atoms with Gasteiger partial charge < -0.3 is 20.1 Å². The number of esters is 2. The second-order valence-corrected chi connectivity index (χ2v) is 8.65. The van der Waals surface area contributed by atoms with Gasteiger partial charge in [-0.1, -0.05) is 44.2 Å². The molecular weight excluding hydrogens is 444 g/mol. The molecule has 0 bridgehead atoms. The lowest BCUT2D eigenvalue weighted by Gasteiger charge is -2.14. The van der Waals surface area contributed by atoms with Crippen molar-refractivity contribution in [3.05, 3.63) is 41.3 Å². The molecule has 2 aromatic rings. The van der Waals surface area contributed by atoms with Crippen LogP contribution in [0.15, 0.2) is 35.7 Å². The Labute approximate surface area is 197 Å². The molecule has 1 aromatic heterocycles. The second kappa shape index (κ2) is 12.7. The van der Waals surface area contributed by atoms with Crippen LogP contribution in [-0.4, -0.2) is 43.0 Å². The molecule has 1 aromatic carbocycles. The van der Waals surface area contributed by atoms with E-state index in [1.165, 1.54) is 18.3 Å². The van der Waals surface area contributed by atoms with E-state index in [0.717, 1.165) is 5.56 Å². The van der Waals surface area contributed by atoms with Crippen LogP contribution in [0.2, 0.25) is 0 Å². The van der Waals surface area contributed by atoms with Crippen molar-refractivity contribution in [3.63, 3.8) is 0 Å². The van der Waals surface area contributed by atoms with E-state index >= 15 is 0 Å². The minimum atomic E-state index is -1.12. The van der Waals surface area contributed by atoms with E-state index < -0.39 is 23.9 Å². The van der Waals surface area contributed by atoms with Crippen molar-refractivity contribution in [2.75, 3.05) is 18.5 Å². The Balaban J connectivity index is 2.02. The number of hydrogen-bond donors (Lipinski definition) is 2. The number of ether oxygens (including phenoxy) is 2. The van der Waals surface area contributed by atoms with Gasteiger partial charge in [-0.15, -0.1) is 11.3 Å². The SMILES string of the molecule is CCOC(=O)c1c(-c2ccccc2)csc1NC(=O)C(C)OC(=O)CNC(=O)CCC(C)C. The molecule has 0 spiro atoms. The standard InChI is InChI=1S/C24H30N2O6S/c1-5-31-24(30)21-18(17-9-7-6-8-10-17)14-33-23(21)26-22(29)16(4)32-20(28)13-25-19(27)12-11-15(2)3/h6-10,14-16H,5,11-13H2,1-4H3,(H,25,27)(H,26,29). The van der Waals surface area contributed by atoms with Gasteiger partial charge in [0.25, 0.3) is 5.91 Å². The molecule has 0 saturated carbocycles. The van der Waals surface area contributed by atoms with Crippen LogP contribution in [-0.2, 0) is 23.9 Å². The lowest BCUT2D eigenvalue weighted by Crippen LogP contribution is -2.36. The predicted octanol–water partition coefficient (Wildman–Crippen LogP) is 4.01. The third kappa shape index (κ3) is 8.02. The average Bonchev–Trinajstić information content (AvgIpc) is 3.20. The molecule has 33 heavy (non-hydrogen) atoms. The Hall–Kier alpha value is -3.20. The number of carbonyl (C=O) groups is 4. The summed E-state index contributed by atoms with van der Waals surface area (Å²) in [5.74, 6) is -1.74. The molecular formula is C24H30N2O6S. The Morgan fingerprint density at radius 1 is 1.06 bits per heavy atom. The van der Waals surface area contributed by atoms with Gasteiger partial charge >= 0.3 is 11.9 Å². The summed E-state index contributed by atoms with van der Waals surface area (Å²) in [4.78, 5) is 49.0. The molecule has 9 heteroatoms. The summed E-state index contributed by atoms with van der Waals surface area (Å²) in [5.41, 5.74) is 1.70. The number of amides is 2. The molecule has 2 rings (SSSR count). The van der Waals surface area contributed by atoms with Gasteiger partial charge in [0, 0.05) is 17.4 Å². The smallest absolute Gasteiger partial charge is 0.341 e. The third-order valence-corrected chi connectivity index (χ3v) is 5.54. The first-order valence-corrected chi connectivity index (χ1v) is 11.7. The van der Waals surface area contributed by atoms with Crippen molar-refractivity contribution >= 4 is 40.1 Å². The highest BCUT2D eigenvalue weighted by Crippen LogP contribution is 2.36. The minimum Gasteiger partial charge on any atom is -0.462 e. The van der Waals surface area contributed by atoms with Crippen LogP contribution >= 0.6 is 11.3 Å². The maximum Gasteiger partial charge on any atom is 0.341 e. The summed E-state index contributed by atoms with van der Waals surface area (Å²) in [6.45, 7) is 7.00. The van der Waals surface area contributed by atoms with Gasteiger partial charge in [0.05, 0.1) is 6.61 Å². The summed E-state index contributed by atoms with van der Waals surface area (Å²) in [5, 5.41) is 7.22. The summed E-state index contributed by atoms with van der Waals surface area (Å²) in [7, 11) is 0. The number of benzene rings is 1. The molecule has 0 aliphatic carbocycles. The molecule has 178 valence electrons. The molecule has 1 atom stereocenters. The van der Waals surface area contributed by atoms with Gasteiger partial charge in [0.1, 0.15) is 17.1 Å². The van der Waals surface area contributed by atoms with E-state index in [1.54, 1.807) is 12.3 Å². The zero-order valence-electron chi connectivity index (χ0n) is 19.3. The zero-order chi connectivity index (χ0) is 24.4. The molecule has 2 N–H and O–H groups in total. The van der Waals surface area contributed by atoms with Crippen LogP contribution in [0.25, 0.3) is 11.1 Å². The van der Waals surface area contributed by atoms with Crippen molar-refractivity contribution in [1.29, 1.82) is 0 Å². The lowest BCUT2D eigenvalue weighted by atomic mass is 10.0. The zero-order valence-corrected chi connectivity index (χ0v) is 20.1. The van der Waals surface area contributed by atoms with E-state index in [2.05, 4.69) is 10.6 Å². The van der Waals surface area contributed by atoms with Crippen molar-refractivity contribution < 1.29 is 28.7 Å². The Bertz CT molecular complexity index is 971. The van der Waals surface area contributed by atoms with Crippen molar-refractivity contribution in [3.8, 4) is 11.1 Å². The van der Waals surface area contributed by atoms with E-state index in [-0.39, 0.29) is 24.6 Å². The highest BCUT2D eigenvalue weighted by Gasteiger charge is 2.25. The normalized spacial score (nSPS) is 11.5. The summed E-state index contributed by atoms with van der Waals surface area (Å²) < 4.78 is 10.3. The molecule has 8 nitrogen and oxygen atoms in total. The maximum absolute atomic E-state index is 12.6. The number of nitrogens with one attached hydrogen (secondary N) is 2. The van der Waals surface area contributed by atoms with Crippen LogP contribution in [0.4, 0.5) is 5.00 Å². The van der Waals surface area contributed by atoms with Crippen LogP contribution in [0.3, 0.4) is 0 Å². The molecule has 0 saturated heterocycles. The van der Waals surface area contributed by atoms with Crippen molar-refractivity contribution in [2.24, 2.45) is 5.92 Å². The fourth-order valence-corrected chi connectivity index (χ4v) is 3.83. The monoisotopic (exact) mass is 474 g/mol. The Morgan fingerprint density at radius 3 is 2.39 bits per heavy atom. The quantitative estimate of drug-likeness (QED) is 0.476. The summed E-state index contributed by atoms with van der Waals surface area (Å²) >= 11 is 1.18. The molecule has 0 aliphatic heterocycles. The third-order valence-electron chi connectivity index (χ3n) is 4.65. The highest BCUT2D eigenvalue weighted by molar-refractivity contribution is 7.15. The van der Waals surface area contributed by atoms with Gasteiger partial charge in [-0.3, -0.25) is 14.4 Å². The summed E-state index contributed by atoms with van der Waals surface area (Å²) in [6.07, 6.45) is -0.0871. The van der Waals surface area contributed by atoms with Crippen LogP contribution in [0.1, 0.15) is 50.9 Å². The number of hydrogen-bond acceptors (Lipinski definition) is 7. The molecule has 0 radical (unpaired) electrons. The van der Waals surface area contributed by atoms with Crippen LogP contribution in [0, 0.1) is 5.92 Å². The highest BCUT2D eigenvalue weighted by atomic mass is 32.1. The minimum absolute atomic E-state index is 0.188. The maximum atomic E-state index is 12.6. The number of anilines is 1. The van der Waals surface area contributed by atoms with E-state index in [4.69, 9.17) is 9.47 Å². The topological polar surface area (TPSA) is 111 Å². The molecule has 0 aliphatic rings. The number of carbonyl (C=O) groups excluding carboxylic acids is 4. The average molecular weight is 475 g/mol. The Kier molecular flexibility index (Phi) is 10.1. The first-order chi connectivity index (χ1) is 15.7. The fourth-order valence-electron chi connectivity index (χ4n) is 2.87. The van der Waals surface area contributed by atoms with Gasteiger partial charge in [-0.25, -0.2) is 4.79 Å². The molecule has 1 unspecified atom stereocenters. The van der Waals surface area contributed by atoms with Gasteiger partial charge in [-0.05, 0) is 31.7 Å². The molecule has 0 fully saturated rings. The van der Waals surface area contributed by atoms with Gasteiger partial charge in [0.2, 0.25) is 5.91 Å². The van der Waals surface area contributed by atoms with Crippen LogP contribution < -0.4 is 10.6 Å². The predicted molar refractivity (Wildman–Crippen MR) is 127 cm³/mol. The fraction of sp³-hybridized carbons (Fsp3) is 0.417. The lowest BCUT2D eigenvalue weighted by molar-refractivity contribution is -0.152. The van der Waals surface area contributed by atoms with Gasteiger partial charge in [0.15, 0.2) is 6.10 Å². The first kappa shape index (κ1) is 26.1. The first-order valence-electron chi connectivity index (χ1n) is 10.8. The number of thiophene rings is 1. The molecule has 1 heterocycles. The largest absolute Gasteiger partial charge is 0.462 e. The number of rotatable bonds is 11. The molecule has 2 amide bonds. The van der Waals surface area contributed by atoms with E-state index in [1.807, 2.05) is 44.2 Å². The summed E-state index contributed by atoms with van der Waals surface area (Å²) in [6, 6.07) is 9.28. The van der Waals surface area contributed by atoms with Crippen molar-refractivity contribution in [2.45, 2.75) is 46.6 Å². The Morgan fingerprint density at radius 2 is 1.76 bits per heavy atom. The van der Waals surface area contributed by atoms with E-state index in [0.29, 0.717) is 29.3 Å². The van der Waals surface area contributed by atoms with Gasteiger partial charge in [-0.2, -0.15) is 0 Å². The van der Waals surface area contributed by atoms with Crippen molar-refractivity contribution in [1.82, 2.24) is 5.32 Å². The second-order valence-electron chi connectivity index (χ2n) is 7.77.